The number of carbonyl (C=O) groups excluding carboxylic acids is 4. The fourth-order valence-electron chi connectivity index (χ4n) is 7.23. The first-order valence-electron chi connectivity index (χ1n) is 27.0. The fourth-order valence-corrected chi connectivity index (χ4v) is 8.81. The van der Waals surface area contributed by atoms with Gasteiger partial charge in [-0.15, -0.1) is 0 Å². The molecule has 0 aromatic heterocycles. The summed E-state index contributed by atoms with van der Waals surface area (Å²) < 4.78 is 67.0. The molecule has 0 aliphatic rings. The molecule has 0 saturated carbocycles. The molecule has 0 aliphatic heterocycles. The monoisotopic (exact) mass is 1040 g/mol. The maximum Gasteiger partial charge on any atom is 0.472 e. The van der Waals surface area contributed by atoms with Gasteiger partial charge < -0.3 is 33.8 Å². The molecule has 0 bridgehead atoms. The summed E-state index contributed by atoms with van der Waals surface area (Å²) >= 11 is 0. The van der Waals surface area contributed by atoms with Crippen LogP contribution in [-0.2, 0) is 65.4 Å². The van der Waals surface area contributed by atoms with E-state index < -0.39 is 97.5 Å². The Kier molecular flexibility index (Phi) is 43.3. The Morgan fingerprint density at radius 1 is 0.386 bits per heavy atom. The maximum absolute atomic E-state index is 12.8. The molecule has 0 aromatic carbocycles. The molecule has 0 aromatic rings. The van der Waals surface area contributed by atoms with E-state index in [1.165, 1.54) is 38.5 Å². The van der Waals surface area contributed by atoms with Crippen LogP contribution in [-0.4, -0.2) is 96.7 Å². The fraction of sp³-hybridized carbons (Fsp3) is 0.922. The summed E-state index contributed by atoms with van der Waals surface area (Å²) in [7, 11) is -9.84. The highest BCUT2D eigenvalue weighted by Crippen LogP contribution is 2.45. The zero-order chi connectivity index (χ0) is 52.3. The van der Waals surface area contributed by atoms with E-state index in [0.717, 1.165) is 103 Å². The first-order valence-corrected chi connectivity index (χ1v) is 30.0. The van der Waals surface area contributed by atoms with Crippen molar-refractivity contribution in [2.45, 2.75) is 252 Å². The molecule has 17 nitrogen and oxygen atoms in total. The number of hydrogen-bond acceptors (Lipinski definition) is 15. The average Bonchev–Trinajstić information content (AvgIpc) is 3.30. The van der Waals surface area contributed by atoms with Gasteiger partial charge in [0.2, 0.25) is 0 Å². The lowest BCUT2D eigenvalue weighted by Gasteiger charge is -2.21. The highest BCUT2D eigenvalue weighted by atomic mass is 31.2. The zero-order valence-electron chi connectivity index (χ0n) is 44.3. The lowest BCUT2D eigenvalue weighted by atomic mass is 10.0. The van der Waals surface area contributed by atoms with Gasteiger partial charge in [-0.2, -0.15) is 0 Å². The first-order chi connectivity index (χ1) is 33.4. The molecular weight excluding hydrogens is 946 g/mol. The zero-order valence-corrected chi connectivity index (χ0v) is 46.1. The Morgan fingerprint density at radius 3 is 0.971 bits per heavy atom. The van der Waals surface area contributed by atoms with Crippen molar-refractivity contribution in [3.63, 3.8) is 0 Å². The van der Waals surface area contributed by atoms with E-state index >= 15 is 0 Å². The molecular formula is C51H98O17P2. The third-order valence-electron chi connectivity index (χ3n) is 11.5. The molecule has 0 aliphatic carbocycles. The van der Waals surface area contributed by atoms with Gasteiger partial charge >= 0.3 is 39.5 Å². The number of aliphatic hydroxyl groups excluding tert-OH is 1. The van der Waals surface area contributed by atoms with Gasteiger partial charge in [0.15, 0.2) is 12.2 Å². The summed E-state index contributed by atoms with van der Waals surface area (Å²) in [5.41, 5.74) is 0. The van der Waals surface area contributed by atoms with Gasteiger partial charge in [0, 0.05) is 25.7 Å². The number of hydrogen-bond donors (Lipinski definition) is 3. The third-order valence-corrected chi connectivity index (χ3v) is 13.4. The Balaban J connectivity index is 5.16. The minimum Gasteiger partial charge on any atom is -0.462 e. The highest BCUT2D eigenvalue weighted by molar-refractivity contribution is 7.47. The Labute approximate surface area is 422 Å². The third kappa shape index (κ3) is 45.9. The van der Waals surface area contributed by atoms with Crippen molar-refractivity contribution in [1.82, 2.24) is 0 Å². The van der Waals surface area contributed by atoms with Crippen molar-refractivity contribution in [1.29, 1.82) is 0 Å². The standard InChI is InChI=1S/C51H98O17P2/c1-7-9-11-19-27-33-48(53)61-39-46(67-50(55)35-29-20-12-10-8-2)41-65-69(57,58)63-37-45(52)38-64-70(59,60)66-42-47(68-51(56)36-30-24-18-14-16-22-26-32-44(5)6)40-62-49(54)34-28-23-17-13-15-21-25-31-43(3)4/h43-47,52H,7-42H2,1-6H3,(H,57,58)(H,59,60)/t45-,46+,47+/m0/s1. The first kappa shape index (κ1) is 68.1. The van der Waals surface area contributed by atoms with Gasteiger partial charge in [-0.25, -0.2) is 9.13 Å². The number of aliphatic hydroxyl groups is 1. The number of phosphoric ester groups is 2. The van der Waals surface area contributed by atoms with Crippen LogP contribution in [0.1, 0.15) is 234 Å². The maximum atomic E-state index is 12.8. The van der Waals surface area contributed by atoms with Crippen molar-refractivity contribution in [3.05, 3.63) is 0 Å². The van der Waals surface area contributed by atoms with Crippen LogP contribution in [0.5, 0.6) is 0 Å². The molecule has 0 rings (SSSR count). The summed E-state index contributed by atoms with van der Waals surface area (Å²) in [6.07, 6.45) is 22.1. The topological polar surface area (TPSA) is 237 Å². The lowest BCUT2D eigenvalue weighted by molar-refractivity contribution is -0.161. The van der Waals surface area contributed by atoms with Crippen molar-refractivity contribution in [3.8, 4) is 0 Å². The van der Waals surface area contributed by atoms with Crippen LogP contribution in [0.3, 0.4) is 0 Å². The van der Waals surface area contributed by atoms with Crippen molar-refractivity contribution in [2.24, 2.45) is 11.8 Å². The number of phosphoric acid groups is 2. The van der Waals surface area contributed by atoms with E-state index in [1.807, 2.05) is 0 Å². The van der Waals surface area contributed by atoms with Gasteiger partial charge in [0.05, 0.1) is 26.4 Å². The molecule has 0 radical (unpaired) electrons. The number of ether oxygens (including phenoxy) is 4. The second kappa shape index (κ2) is 44.5. The molecule has 0 amide bonds. The van der Waals surface area contributed by atoms with Crippen molar-refractivity contribution < 1.29 is 80.2 Å². The van der Waals surface area contributed by atoms with E-state index in [0.29, 0.717) is 37.5 Å². The Bertz CT molecular complexity index is 1410. The van der Waals surface area contributed by atoms with Crippen LogP contribution in [0.2, 0.25) is 0 Å². The van der Waals surface area contributed by atoms with E-state index in [4.69, 9.17) is 37.0 Å². The van der Waals surface area contributed by atoms with Gasteiger partial charge in [0.25, 0.3) is 0 Å². The van der Waals surface area contributed by atoms with Gasteiger partial charge in [-0.05, 0) is 37.5 Å². The van der Waals surface area contributed by atoms with Gasteiger partial charge in [0.1, 0.15) is 19.3 Å². The predicted molar refractivity (Wildman–Crippen MR) is 271 cm³/mol. The molecule has 2 unspecified atom stereocenters. The molecule has 0 saturated heterocycles. The van der Waals surface area contributed by atoms with Crippen LogP contribution in [0.25, 0.3) is 0 Å². The van der Waals surface area contributed by atoms with E-state index in [1.54, 1.807) is 0 Å². The van der Waals surface area contributed by atoms with Crippen molar-refractivity contribution in [2.75, 3.05) is 39.6 Å². The second-order valence-corrected chi connectivity index (χ2v) is 22.4. The molecule has 70 heavy (non-hydrogen) atoms. The summed E-state index contributed by atoms with van der Waals surface area (Å²) in [5, 5.41) is 10.4. The van der Waals surface area contributed by atoms with Gasteiger partial charge in [-0.3, -0.25) is 37.3 Å². The highest BCUT2D eigenvalue weighted by Gasteiger charge is 2.30. The van der Waals surface area contributed by atoms with Crippen LogP contribution in [0, 0.1) is 11.8 Å². The molecule has 5 atom stereocenters. The molecule has 0 heterocycles. The average molecular weight is 1050 g/mol. The van der Waals surface area contributed by atoms with Crippen LogP contribution < -0.4 is 0 Å². The van der Waals surface area contributed by atoms with Crippen LogP contribution >= 0.6 is 15.6 Å². The van der Waals surface area contributed by atoms with Crippen LogP contribution in [0.4, 0.5) is 0 Å². The largest absolute Gasteiger partial charge is 0.472 e. The second-order valence-electron chi connectivity index (χ2n) is 19.5. The van der Waals surface area contributed by atoms with E-state index in [9.17, 15) is 43.2 Å². The number of rotatable bonds is 50. The number of esters is 4. The number of carbonyl (C=O) groups is 4. The smallest absolute Gasteiger partial charge is 0.462 e. The molecule has 0 spiro atoms. The summed E-state index contributed by atoms with van der Waals surface area (Å²) in [6.45, 7) is 9.08. The molecule has 414 valence electrons. The van der Waals surface area contributed by atoms with Crippen molar-refractivity contribution >= 4 is 39.5 Å². The van der Waals surface area contributed by atoms with E-state index in [2.05, 4.69) is 41.5 Å². The van der Waals surface area contributed by atoms with Gasteiger partial charge in [-0.1, -0.05) is 183 Å². The summed E-state index contributed by atoms with van der Waals surface area (Å²) in [4.78, 5) is 71.0. The van der Waals surface area contributed by atoms with E-state index in [-0.39, 0.29) is 25.7 Å². The SMILES string of the molecule is CCCCCCCC(=O)OC[C@H](COP(=O)(O)OC[C@H](O)COP(=O)(O)OC[C@@H](COC(=O)CCCCCCCCCC(C)C)OC(=O)CCCCCCCCCC(C)C)OC(=O)CCCCCCC. The number of unbranched alkanes of at least 4 members (excludes halogenated alkanes) is 20. The quantitative estimate of drug-likeness (QED) is 0.0222. The minimum absolute atomic E-state index is 0.0981. The summed E-state index contributed by atoms with van der Waals surface area (Å²) in [6, 6.07) is 0. The summed E-state index contributed by atoms with van der Waals surface area (Å²) in [5.74, 6) is -0.777. The lowest BCUT2D eigenvalue weighted by Crippen LogP contribution is -2.30. The normalized spacial score (nSPS) is 14.7. The predicted octanol–water partition coefficient (Wildman–Crippen LogP) is 12.6. The molecule has 19 heteroatoms. The molecule has 3 N–H and O–H groups in total. The minimum atomic E-state index is -4.93. The Morgan fingerprint density at radius 2 is 0.657 bits per heavy atom. The van der Waals surface area contributed by atoms with Crippen LogP contribution in [0.15, 0.2) is 0 Å². The Hall–Kier alpha value is -1.94. The molecule has 0 fully saturated rings.